The van der Waals surface area contributed by atoms with Gasteiger partial charge in [-0.3, -0.25) is 4.68 Å². The summed E-state index contributed by atoms with van der Waals surface area (Å²) in [6, 6.07) is 8.73. The molecule has 3 aromatic heterocycles. The highest BCUT2D eigenvalue weighted by Gasteiger charge is 2.16. The lowest BCUT2D eigenvalue weighted by Crippen LogP contribution is -2.23. The van der Waals surface area contributed by atoms with E-state index < -0.39 is 0 Å². The van der Waals surface area contributed by atoms with Crippen molar-refractivity contribution in [2.45, 2.75) is 45.1 Å². The van der Waals surface area contributed by atoms with Crippen molar-refractivity contribution in [2.24, 2.45) is 7.05 Å². The van der Waals surface area contributed by atoms with Crippen molar-refractivity contribution in [3.8, 4) is 11.1 Å². The van der Waals surface area contributed by atoms with Crippen molar-refractivity contribution < 1.29 is 0 Å². The Morgan fingerprint density at radius 2 is 1.87 bits per heavy atom. The number of hydrogen-bond donors (Lipinski definition) is 2. The van der Waals surface area contributed by atoms with Crippen molar-refractivity contribution in [1.82, 2.24) is 24.7 Å². The second-order valence-corrected chi connectivity index (χ2v) is 8.33. The number of fused-ring (bicyclic) bond motifs is 1. The predicted molar refractivity (Wildman–Crippen MR) is 124 cm³/mol. The van der Waals surface area contributed by atoms with Gasteiger partial charge in [0.05, 0.1) is 6.20 Å². The van der Waals surface area contributed by atoms with Crippen LogP contribution >= 0.6 is 0 Å². The van der Waals surface area contributed by atoms with Gasteiger partial charge in [0, 0.05) is 48.3 Å². The maximum absolute atomic E-state index is 4.80. The lowest BCUT2D eigenvalue weighted by atomic mass is 9.95. The van der Waals surface area contributed by atoms with Crippen LogP contribution in [-0.4, -0.2) is 30.8 Å². The molecule has 31 heavy (non-hydrogen) atoms. The molecule has 1 aromatic carbocycles. The van der Waals surface area contributed by atoms with Crippen LogP contribution in [0.15, 0.2) is 49.1 Å². The highest BCUT2D eigenvalue weighted by atomic mass is 15.2. The molecule has 158 valence electrons. The van der Waals surface area contributed by atoms with Gasteiger partial charge < -0.3 is 10.6 Å². The first-order valence-corrected chi connectivity index (χ1v) is 10.9. The van der Waals surface area contributed by atoms with Crippen LogP contribution < -0.4 is 10.6 Å². The molecule has 0 aliphatic heterocycles. The zero-order chi connectivity index (χ0) is 21.2. The molecule has 7 heteroatoms. The Morgan fingerprint density at radius 3 is 2.65 bits per heavy atom. The van der Waals surface area contributed by atoms with Crippen molar-refractivity contribution in [3.63, 3.8) is 0 Å². The molecule has 3 heterocycles. The Hall–Kier alpha value is -3.48. The first-order chi connectivity index (χ1) is 15.2. The fraction of sp³-hybridized carbons (Fsp3) is 0.333. The summed E-state index contributed by atoms with van der Waals surface area (Å²) in [5, 5.41) is 12.2. The van der Waals surface area contributed by atoms with Gasteiger partial charge in [-0.05, 0) is 49.1 Å². The van der Waals surface area contributed by atoms with Gasteiger partial charge in [0.15, 0.2) is 5.82 Å². The molecule has 1 aliphatic carbocycles. The number of aromatic nitrogens is 5. The standard InChI is InChI=1S/C24H27N7/c1-16-12-17(19-14-27-31(2)15-19)8-9-21(16)29-24-26-13-18-10-11-25-23(22(18)30-24)28-20-6-4-3-5-7-20/h8-15,20H,3-7H2,1-2H3,(H,25,28)(H,26,29,30). The average Bonchev–Trinajstić information content (AvgIpc) is 3.22. The first-order valence-electron chi connectivity index (χ1n) is 10.9. The number of benzene rings is 1. The average molecular weight is 414 g/mol. The maximum atomic E-state index is 4.80. The van der Waals surface area contributed by atoms with Crippen molar-refractivity contribution in [2.75, 3.05) is 10.6 Å². The lowest BCUT2D eigenvalue weighted by molar-refractivity contribution is 0.462. The topological polar surface area (TPSA) is 80.5 Å². The number of pyridine rings is 1. The summed E-state index contributed by atoms with van der Waals surface area (Å²) in [6.45, 7) is 2.08. The van der Waals surface area contributed by atoms with Gasteiger partial charge in [-0.2, -0.15) is 5.10 Å². The molecule has 7 nitrogen and oxygen atoms in total. The highest BCUT2D eigenvalue weighted by molar-refractivity contribution is 5.88. The van der Waals surface area contributed by atoms with Crippen LogP contribution in [0.4, 0.5) is 17.5 Å². The molecule has 0 amide bonds. The number of nitrogens with one attached hydrogen (secondary N) is 2. The zero-order valence-corrected chi connectivity index (χ0v) is 18.0. The summed E-state index contributed by atoms with van der Waals surface area (Å²) in [5.41, 5.74) is 5.20. The van der Waals surface area contributed by atoms with Gasteiger partial charge in [-0.25, -0.2) is 15.0 Å². The Morgan fingerprint density at radius 1 is 1.00 bits per heavy atom. The molecular formula is C24H27N7. The summed E-state index contributed by atoms with van der Waals surface area (Å²) in [4.78, 5) is 13.9. The quantitative estimate of drug-likeness (QED) is 0.467. The molecule has 2 N–H and O–H groups in total. The molecule has 0 spiro atoms. The first kappa shape index (κ1) is 19.5. The SMILES string of the molecule is Cc1cc(-c2cnn(C)c2)ccc1Nc1ncc2ccnc(NC3CCCCC3)c2n1. The normalized spacial score (nSPS) is 14.6. The Labute approximate surface area is 182 Å². The second kappa shape index (κ2) is 8.34. The number of rotatable bonds is 5. The molecule has 5 rings (SSSR count). The van der Waals surface area contributed by atoms with E-state index in [2.05, 4.69) is 50.8 Å². The summed E-state index contributed by atoms with van der Waals surface area (Å²) in [5.74, 6) is 1.42. The number of anilines is 3. The van der Waals surface area contributed by atoms with Crippen LogP contribution in [0.5, 0.6) is 0 Å². The van der Waals surface area contributed by atoms with Crippen LogP contribution in [0, 0.1) is 6.92 Å². The van der Waals surface area contributed by atoms with Gasteiger partial charge in [0.2, 0.25) is 5.95 Å². The van der Waals surface area contributed by atoms with E-state index in [0.29, 0.717) is 12.0 Å². The van der Waals surface area contributed by atoms with Crippen LogP contribution in [0.1, 0.15) is 37.7 Å². The third-order valence-corrected chi connectivity index (χ3v) is 5.96. The monoisotopic (exact) mass is 413 g/mol. The van der Waals surface area contributed by atoms with Crippen LogP contribution in [-0.2, 0) is 7.05 Å². The van der Waals surface area contributed by atoms with E-state index in [1.807, 2.05) is 42.6 Å². The molecular weight excluding hydrogens is 386 g/mol. The molecule has 1 fully saturated rings. The lowest BCUT2D eigenvalue weighted by Gasteiger charge is -2.23. The highest BCUT2D eigenvalue weighted by Crippen LogP contribution is 2.28. The minimum absolute atomic E-state index is 0.473. The number of nitrogens with zero attached hydrogens (tertiary/aromatic N) is 5. The maximum Gasteiger partial charge on any atom is 0.227 e. The molecule has 4 aromatic rings. The van der Waals surface area contributed by atoms with Gasteiger partial charge >= 0.3 is 0 Å². The third-order valence-electron chi connectivity index (χ3n) is 5.96. The Balaban J connectivity index is 1.40. The second-order valence-electron chi connectivity index (χ2n) is 8.33. The van der Waals surface area contributed by atoms with Crippen molar-refractivity contribution in [1.29, 1.82) is 0 Å². The Kier molecular flexibility index (Phi) is 5.24. The number of aryl methyl sites for hydroxylation is 2. The summed E-state index contributed by atoms with van der Waals surface area (Å²) < 4.78 is 1.81. The fourth-order valence-corrected chi connectivity index (χ4v) is 4.24. The van der Waals surface area contributed by atoms with Crippen molar-refractivity contribution >= 4 is 28.4 Å². The van der Waals surface area contributed by atoms with E-state index in [1.165, 1.54) is 32.1 Å². The fourth-order valence-electron chi connectivity index (χ4n) is 4.24. The summed E-state index contributed by atoms with van der Waals surface area (Å²) >= 11 is 0. The summed E-state index contributed by atoms with van der Waals surface area (Å²) in [7, 11) is 1.93. The van der Waals surface area contributed by atoms with E-state index in [9.17, 15) is 0 Å². The third kappa shape index (κ3) is 4.21. The zero-order valence-electron chi connectivity index (χ0n) is 18.0. The molecule has 0 unspecified atom stereocenters. The Bertz CT molecular complexity index is 1210. The molecule has 1 aliphatic rings. The van der Waals surface area contributed by atoms with Gasteiger partial charge in [0.1, 0.15) is 5.52 Å². The van der Waals surface area contributed by atoms with E-state index in [1.54, 1.807) is 0 Å². The number of hydrogen-bond acceptors (Lipinski definition) is 6. The van der Waals surface area contributed by atoms with E-state index in [-0.39, 0.29) is 0 Å². The summed E-state index contributed by atoms with van der Waals surface area (Å²) in [6.07, 6.45) is 13.8. The van der Waals surface area contributed by atoms with Gasteiger partial charge in [0.25, 0.3) is 0 Å². The van der Waals surface area contributed by atoms with E-state index in [4.69, 9.17) is 4.98 Å². The van der Waals surface area contributed by atoms with Gasteiger partial charge in [-0.1, -0.05) is 25.3 Å². The minimum atomic E-state index is 0.473. The predicted octanol–water partition coefficient (Wildman–Crippen LogP) is 5.22. The molecule has 0 bridgehead atoms. The van der Waals surface area contributed by atoms with Crippen molar-refractivity contribution in [3.05, 3.63) is 54.6 Å². The van der Waals surface area contributed by atoms with Crippen LogP contribution in [0.3, 0.4) is 0 Å². The van der Waals surface area contributed by atoms with E-state index >= 15 is 0 Å². The molecule has 1 saturated carbocycles. The van der Waals surface area contributed by atoms with Crippen LogP contribution in [0.25, 0.3) is 22.0 Å². The largest absolute Gasteiger partial charge is 0.366 e. The van der Waals surface area contributed by atoms with E-state index in [0.717, 1.165) is 39.1 Å². The molecule has 0 radical (unpaired) electrons. The smallest absolute Gasteiger partial charge is 0.227 e. The molecule has 0 atom stereocenters. The minimum Gasteiger partial charge on any atom is -0.366 e. The van der Waals surface area contributed by atoms with Gasteiger partial charge in [-0.15, -0.1) is 0 Å². The molecule has 0 saturated heterocycles. The van der Waals surface area contributed by atoms with Crippen LogP contribution in [0.2, 0.25) is 0 Å².